The highest BCUT2D eigenvalue weighted by Gasteiger charge is 2.34. The molecule has 0 spiro atoms. The normalized spacial score (nSPS) is 21.0. The Labute approximate surface area is 126 Å². The zero-order chi connectivity index (χ0) is 14.2. The molecule has 0 bridgehead atoms. The number of rotatable bonds is 4. The minimum Gasteiger partial charge on any atom is -0.384 e. The Morgan fingerprint density at radius 3 is 3.00 bits per heavy atom. The largest absolute Gasteiger partial charge is 0.384 e. The third-order valence-electron chi connectivity index (χ3n) is 4.18. The molecule has 1 atom stereocenters. The third kappa shape index (κ3) is 2.45. The molecule has 0 saturated carbocycles. The number of aromatic nitrogens is 1. The smallest absolute Gasteiger partial charge is 0.0811 e. The van der Waals surface area contributed by atoms with Gasteiger partial charge in [-0.2, -0.15) is 0 Å². The molecule has 1 aliphatic heterocycles. The van der Waals surface area contributed by atoms with Gasteiger partial charge in [-0.3, -0.25) is 0 Å². The average molecular weight is 289 g/mol. The van der Waals surface area contributed by atoms with Gasteiger partial charge in [0, 0.05) is 30.0 Å². The van der Waals surface area contributed by atoms with Crippen LogP contribution in [0.2, 0.25) is 0 Å². The quantitative estimate of drug-likeness (QED) is 0.930. The van der Waals surface area contributed by atoms with Gasteiger partial charge in [-0.25, -0.2) is 4.98 Å². The van der Waals surface area contributed by atoms with Crippen molar-refractivity contribution in [2.24, 2.45) is 0 Å². The van der Waals surface area contributed by atoms with E-state index in [4.69, 9.17) is 0 Å². The summed E-state index contributed by atoms with van der Waals surface area (Å²) in [7, 11) is 4.27. The summed E-state index contributed by atoms with van der Waals surface area (Å²) in [5.41, 5.74) is 7.14. The molecule has 20 heavy (non-hydrogen) atoms. The lowest BCUT2D eigenvalue weighted by Crippen LogP contribution is -2.29. The van der Waals surface area contributed by atoms with Crippen molar-refractivity contribution in [2.45, 2.75) is 18.8 Å². The van der Waals surface area contributed by atoms with E-state index in [-0.39, 0.29) is 6.84 Å². The van der Waals surface area contributed by atoms with Crippen molar-refractivity contribution >= 4 is 17.0 Å². The zero-order valence-electron chi connectivity index (χ0n) is 12.3. The van der Waals surface area contributed by atoms with Crippen molar-refractivity contribution in [2.75, 3.05) is 32.5 Å². The van der Waals surface area contributed by atoms with E-state index in [1.54, 1.807) is 11.3 Å². The Morgan fingerprint density at radius 1 is 1.45 bits per heavy atom. The summed E-state index contributed by atoms with van der Waals surface area (Å²) in [6.45, 7) is 4.50. The van der Waals surface area contributed by atoms with Crippen LogP contribution in [-0.2, 0) is 5.41 Å². The maximum absolute atomic E-state index is 4.42. The second kappa shape index (κ2) is 5.19. The van der Waals surface area contributed by atoms with Crippen molar-refractivity contribution in [1.29, 1.82) is 0 Å². The molecule has 3 nitrogen and oxygen atoms in total. The van der Waals surface area contributed by atoms with Crippen LogP contribution >= 0.6 is 11.3 Å². The molecule has 1 N–H and O–H groups in total. The molecule has 108 valence electrons. The SMILES string of the molecule is CN(C)CCC1(C)CNc2ccc(-c3cscn3)cc21.[HH]. The van der Waals surface area contributed by atoms with E-state index in [9.17, 15) is 0 Å². The highest BCUT2D eigenvalue weighted by Crippen LogP contribution is 2.41. The molecule has 1 unspecified atom stereocenters. The van der Waals surface area contributed by atoms with Crippen LogP contribution in [-0.4, -0.2) is 37.1 Å². The van der Waals surface area contributed by atoms with E-state index < -0.39 is 0 Å². The van der Waals surface area contributed by atoms with Crippen molar-refractivity contribution < 1.29 is 1.43 Å². The van der Waals surface area contributed by atoms with Gasteiger partial charge in [0.25, 0.3) is 0 Å². The fraction of sp³-hybridized carbons (Fsp3) is 0.438. The molecule has 1 aromatic heterocycles. The standard InChI is InChI=1S/C16H21N3S.H2/c1-16(6-7-19(2)3)10-17-14-5-4-12(8-13(14)16)15-9-20-11-18-15;/h4-5,8-9,11,17H,6-7,10H2,1-3H3;1H. The van der Waals surface area contributed by atoms with Crippen LogP contribution in [0.25, 0.3) is 11.3 Å². The summed E-state index contributed by atoms with van der Waals surface area (Å²) >= 11 is 1.65. The van der Waals surface area contributed by atoms with Crippen LogP contribution < -0.4 is 5.32 Å². The second-order valence-corrected chi connectivity index (χ2v) is 6.82. The predicted molar refractivity (Wildman–Crippen MR) is 88.7 cm³/mol. The first-order valence-corrected chi connectivity index (χ1v) is 7.94. The molecule has 1 aromatic carbocycles. The first kappa shape index (κ1) is 13.6. The molecule has 0 aliphatic carbocycles. The summed E-state index contributed by atoms with van der Waals surface area (Å²) in [6.07, 6.45) is 1.17. The van der Waals surface area contributed by atoms with Gasteiger partial charge in [0.05, 0.1) is 11.2 Å². The number of nitrogens with one attached hydrogen (secondary N) is 1. The number of thiazole rings is 1. The molecule has 2 heterocycles. The Kier molecular flexibility index (Phi) is 3.52. The number of nitrogens with zero attached hydrogens (tertiary/aromatic N) is 2. The predicted octanol–water partition coefficient (Wildman–Crippen LogP) is 3.69. The molecule has 3 rings (SSSR count). The maximum atomic E-state index is 4.42. The Bertz CT molecular complexity index is 598. The minimum absolute atomic E-state index is 0. The van der Waals surface area contributed by atoms with E-state index in [2.05, 4.69) is 59.8 Å². The van der Waals surface area contributed by atoms with E-state index in [0.29, 0.717) is 0 Å². The first-order valence-electron chi connectivity index (χ1n) is 7.00. The Hall–Kier alpha value is -1.39. The molecule has 1 aliphatic rings. The van der Waals surface area contributed by atoms with Crippen LogP contribution in [0.5, 0.6) is 0 Å². The van der Waals surface area contributed by atoms with Crippen molar-refractivity contribution in [3.8, 4) is 11.3 Å². The van der Waals surface area contributed by atoms with Gasteiger partial charge in [-0.05, 0) is 44.8 Å². The van der Waals surface area contributed by atoms with Crippen LogP contribution in [0.15, 0.2) is 29.1 Å². The number of anilines is 1. The number of fused-ring (bicyclic) bond motifs is 1. The van der Waals surface area contributed by atoms with Gasteiger partial charge in [-0.1, -0.05) is 13.0 Å². The van der Waals surface area contributed by atoms with E-state index in [0.717, 1.165) is 18.8 Å². The fourth-order valence-electron chi connectivity index (χ4n) is 2.79. The second-order valence-electron chi connectivity index (χ2n) is 6.10. The highest BCUT2D eigenvalue weighted by atomic mass is 32.1. The lowest BCUT2D eigenvalue weighted by atomic mass is 9.80. The molecule has 4 heteroatoms. The number of benzene rings is 1. The van der Waals surface area contributed by atoms with E-state index in [1.165, 1.54) is 23.2 Å². The Morgan fingerprint density at radius 2 is 2.30 bits per heavy atom. The molecular formula is C16H23N3S. The number of hydrogen-bond donors (Lipinski definition) is 1. The van der Waals surface area contributed by atoms with E-state index in [1.807, 2.05) is 5.51 Å². The van der Waals surface area contributed by atoms with Crippen LogP contribution in [0, 0.1) is 0 Å². The molecule has 0 amide bonds. The van der Waals surface area contributed by atoms with Gasteiger partial charge >= 0.3 is 0 Å². The van der Waals surface area contributed by atoms with Gasteiger partial charge in [-0.15, -0.1) is 11.3 Å². The van der Waals surface area contributed by atoms with Crippen LogP contribution in [0.4, 0.5) is 5.69 Å². The topological polar surface area (TPSA) is 28.2 Å². The molecule has 2 aromatic rings. The zero-order valence-corrected chi connectivity index (χ0v) is 13.1. The molecule has 0 fully saturated rings. The van der Waals surface area contributed by atoms with Crippen molar-refractivity contribution in [3.63, 3.8) is 0 Å². The van der Waals surface area contributed by atoms with Gasteiger partial charge in [0.1, 0.15) is 0 Å². The average Bonchev–Trinajstić information content (AvgIpc) is 3.06. The van der Waals surface area contributed by atoms with Crippen molar-refractivity contribution in [3.05, 3.63) is 34.7 Å². The van der Waals surface area contributed by atoms with E-state index >= 15 is 0 Å². The van der Waals surface area contributed by atoms with Gasteiger partial charge in [0.15, 0.2) is 0 Å². The summed E-state index contributed by atoms with van der Waals surface area (Å²) < 4.78 is 0. The third-order valence-corrected chi connectivity index (χ3v) is 4.76. The maximum Gasteiger partial charge on any atom is 0.0811 e. The highest BCUT2D eigenvalue weighted by molar-refractivity contribution is 7.07. The summed E-state index contributed by atoms with van der Waals surface area (Å²) in [5, 5.41) is 5.66. The lowest BCUT2D eigenvalue weighted by molar-refractivity contribution is 0.343. The summed E-state index contributed by atoms with van der Waals surface area (Å²) in [5.74, 6) is 0. The lowest BCUT2D eigenvalue weighted by Gasteiger charge is -2.26. The summed E-state index contributed by atoms with van der Waals surface area (Å²) in [4.78, 5) is 6.68. The van der Waals surface area contributed by atoms with Crippen LogP contribution in [0.1, 0.15) is 20.3 Å². The van der Waals surface area contributed by atoms with Gasteiger partial charge in [0.2, 0.25) is 0 Å². The first-order chi connectivity index (χ1) is 9.58. The van der Waals surface area contributed by atoms with Crippen LogP contribution in [0.3, 0.4) is 0 Å². The minimum atomic E-state index is 0. The molecule has 0 radical (unpaired) electrons. The van der Waals surface area contributed by atoms with Crippen molar-refractivity contribution in [1.82, 2.24) is 9.88 Å². The molecule has 0 saturated heterocycles. The number of hydrogen-bond acceptors (Lipinski definition) is 4. The monoisotopic (exact) mass is 289 g/mol. The molecular weight excluding hydrogens is 266 g/mol. The fourth-order valence-corrected chi connectivity index (χ4v) is 3.35. The van der Waals surface area contributed by atoms with Gasteiger partial charge < -0.3 is 10.2 Å². The Balaban J connectivity index is 0.00000161. The summed E-state index contributed by atoms with van der Waals surface area (Å²) in [6, 6.07) is 6.68.